The van der Waals surface area contributed by atoms with Gasteiger partial charge in [0.1, 0.15) is 31.7 Å². The van der Waals surface area contributed by atoms with Crippen molar-refractivity contribution in [1.82, 2.24) is 15.0 Å². The lowest BCUT2D eigenvalue weighted by atomic mass is 10.1. The number of nitrogens with zero attached hydrogens (tertiary/aromatic N) is 8. The van der Waals surface area contributed by atoms with Crippen LogP contribution in [0.2, 0.25) is 0 Å². The summed E-state index contributed by atoms with van der Waals surface area (Å²) in [5.74, 6) is -1.88. The second-order valence-corrected chi connectivity index (χ2v) is 22.6. The molecule has 34 heteroatoms. The van der Waals surface area contributed by atoms with Crippen molar-refractivity contribution < 1.29 is 79.1 Å². The van der Waals surface area contributed by atoms with Gasteiger partial charge in [-0.15, -0.1) is 15.3 Å². The summed E-state index contributed by atoms with van der Waals surface area (Å²) in [5.41, 5.74) is 2.81. The minimum atomic E-state index is -5.48. The fourth-order valence-electron chi connectivity index (χ4n) is 6.21. The van der Waals surface area contributed by atoms with Crippen LogP contribution in [-0.4, -0.2) is 122 Å². The number of anilines is 5. The number of benzene rings is 5. The summed E-state index contributed by atoms with van der Waals surface area (Å²) in [6, 6.07) is 16.5. The number of aliphatic hydroxyl groups is 1. The van der Waals surface area contributed by atoms with Gasteiger partial charge in [-0.3, -0.25) is 18.2 Å². The lowest BCUT2D eigenvalue weighted by Gasteiger charge is -2.23. The molecule has 0 bridgehead atoms. The van der Waals surface area contributed by atoms with E-state index >= 15 is 0 Å². The van der Waals surface area contributed by atoms with Crippen molar-refractivity contribution in [2.45, 2.75) is 19.6 Å². The average molecular weight is 1100 g/mol. The number of thioether (sulfide) groups is 1. The molecule has 0 fully saturated rings. The number of nitrogens with one attached hydrogen (secondary N) is 1. The molecule has 0 aliphatic carbocycles. The van der Waals surface area contributed by atoms with Gasteiger partial charge in [0.15, 0.2) is 15.6 Å². The van der Waals surface area contributed by atoms with Crippen LogP contribution < -0.4 is 16.0 Å². The first-order chi connectivity index (χ1) is 33.2. The molecule has 9 N–H and O–H groups in total. The highest BCUT2D eigenvalue weighted by Crippen LogP contribution is 2.48. The molecule has 0 spiro atoms. The summed E-state index contributed by atoms with van der Waals surface area (Å²) in [6.07, 6.45) is -1.25. The van der Waals surface area contributed by atoms with Gasteiger partial charge in [-0.25, -0.2) is 12.6 Å². The first kappa shape index (κ1) is 53.9. The number of aliphatic hydroxyl groups excluding tert-OH is 1. The summed E-state index contributed by atoms with van der Waals surface area (Å²) in [4.78, 5) is 9.54. The molecule has 6 aromatic rings. The number of phenols is 1. The number of azo groups is 2. The molecular weight excluding hydrogens is 1070 g/mol. The highest BCUT2D eigenvalue weighted by molar-refractivity contribution is 7.99. The number of nitrogen functional groups attached to an aromatic ring is 1. The molecule has 0 aliphatic rings. The van der Waals surface area contributed by atoms with E-state index < -0.39 is 129 Å². The molecule has 27 nitrogen and oxygen atoms in total. The van der Waals surface area contributed by atoms with Crippen molar-refractivity contribution in [3.63, 3.8) is 0 Å². The first-order valence-corrected chi connectivity index (χ1v) is 27.8. The van der Waals surface area contributed by atoms with E-state index in [9.17, 15) is 70.4 Å². The Balaban J connectivity index is 1.41. The molecule has 0 saturated heterocycles. The third kappa shape index (κ3) is 13.7. The van der Waals surface area contributed by atoms with Gasteiger partial charge in [-0.1, -0.05) is 18.2 Å². The topological polar surface area (TPSA) is 431 Å². The third-order valence-corrected chi connectivity index (χ3v) is 15.0. The summed E-state index contributed by atoms with van der Waals surface area (Å²) in [5, 5.41) is 37.1. The Labute approximate surface area is 406 Å². The average Bonchev–Trinajstić information content (AvgIpc) is 3.27. The number of para-hydroxylation sites is 1. The largest absolute Gasteiger partial charge is 0.505 e. The molecule has 0 amide bonds. The van der Waals surface area contributed by atoms with Crippen LogP contribution in [0.15, 0.2) is 125 Å². The molecule has 1 heterocycles. The van der Waals surface area contributed by atoms with E-state index in [0.29, 0.717) is 29.3 Å². The van der Waals surface area contributed by atoms with E-state index in [1.54, 1.807) is 35.2 Å². The van der Waals surface area contributed by atoms with Crippen molar-refractivity contribution in [3.8, 4) is 5.75 Å². The van der Waals surface area contributed by atoms with Gasteiger partial charge in [0.05, 0.1) is 40.6 Å². The zero-order chi connectivity index (χ0) is 52.1. The van der Waals surface area contributed by atoms with Crippen molar-refractivity contribution >= 4 is 125 Å². The number of nitrogens with two attached hydrogens (primary N) is 1. The number of hydrogen-bond acceptors (Lipinski definition) is 24. The van der Waals surface area contributed by atoms with Crippen LogP contribution in [0.3, 0.4) is 0 Å². The molecule has 0 saturated carbocycles. The molecule has 0 aliphatic heterocycles. The van der Waals surface area contributed by atoms with E-state index in [1.807, 2.05) is 0 Å². The predicted molar refractivity (Wildman–Crippen MR) is 251 cm³/mol. The van der Waals surface area contributed by atoms with Gasteiger partial charge in [0, 0.05) is 29.4 Å². The molecule has 6 rings (SSSR count). The standard InChI is InChI=1S/C37H35FN10O17S6/c38-35-41-36(43-37(42-35)48(12-15-66-16-13-49)24-4-2-1-3-5-24)40-23-8-11-27(68(53,54)55)26(20-23)45-47-33-29(70(59,60)61)19-21-18-28(69(56,57)58)32(31(39)30(21)34(33)50)46-44-22-6-9-25(10-7-22)67(51,52)17-14-65-71(62,63)64/h1-11,18-20,49-50H,12-17,39H2,(H,53,54,55)(H,56,57,58)(H,59,60,61)(H,62,63,64)(H,40,41,42,43). The third-order valence-electron chi connectivity index (χ3n) is 9.27. The van der Waals surface area contributed by atoms with Gasteiger partial charge in [-0.2, -0.15) is 69.9 Å². The first-order valence-electron chi connectivity index (χ1n) is 19.3. The Hall–Kier alpha value is -6.44. The number of fused-ring (bicyclic) bond motifs is 1. The minimum Gasteiger partial charge on any atom is -0.505 e. The van der Waals surface area contributed by atoms with Gasteiger partial charge >= 0.3 is 16.5 Å². The fraction of sp³-hybridized carbons (Fsp3) is 0.162. The predicted octanol–water partition coefficient (Wildman–Crippen LogP) is 5.22. The van der Waals surface area contributed by atoms with Crippen LogP contribution in [-0.2, 0) is 54.8 Å². The molecule has 0 unspecified atom stereocenters. The lowest BCUT2D eigenvalue weighted by Crippen LogP contribution is -2.24. The number of sulfone groups is 1. The fourth-order valence-corrected chi connectivity index (χ4v) is 10.3. The maximum Gasteiger partial charge on any atom is 0.397 e. The second-order valence-electron chi connectivity index (χ2n) is 14.1. The van der Waals surface area contributed by atoms with Crippen LogP contribution in [0.1, 0.15) is 0 Å². The number of phenolic OH excluding ortho intramolecular Hbond substituents is 1. The summed E-state index contributed by atoms with van der Waals surface area (Å²) < 4.78 is 180. The van der Waals surface area contributed by atoms with E-state index in [1.165, 1.54) is 11.8 Å². The maximum atomic E-state index is 15.0. The normalized spacial score (nSPS) is 12.8. The lowest BCUT2D eigenvalue weighted by molar-refractivity contribution is 0.284. The van der Waals surface area contributed by atoms with Crippen LogP contribution in [0.4, 0.5) is 56.1 Å². The number of aromatic nitrogens is 3. The zero-order valence-electron chi connectivity index (χ0n) is 35.5. The molecule has 378 valence electrons. The Morgan fingerprint density at radius 1 is 0.718 bits per heavy atom. The summed E-state index contributed by atoms with van der Waals surface area (Å²) >= 11 is 1.40. The van der Waals surface area contributed by atoms with E-state index in [2.05, 4.69) is 44.9 Å². The van der Waals surface area contributed by atoms with Crippen molar-refractivity contribution in [2.24, 2.45) is 20.5 Å². The van der Waals surface area contributed by atoms with Crippen molar-refractivity contribution in [2.75, 3.05) is 53.0 Å². The van der Waals surface area contributed by atoms with Crippen molar-refractivity contribution in [1.29, 1.82) is 0 Å². The quantitative estimate of drug-likeness (QED) is 0.0198. The molecule has 5 aromatic carbocycles. The summed E-state index contributed by atoms with van der Waals surface area (Å²) in [7, 11) is -25.1. The van der Waals surface area contributed by atoms with Gasteiger partial charge in [0.25, 0.3) is 30.4 Å². The van der Waals surface area contributed by atoms with Crippen LogP contribution >= 0.6 is 11.8 Å². The summed E-state index contributed by atoms with van der Waals surface area (Å²) in [6.45, 7) is -0.769. The molecule has 71 heavy (non-hydrogen) atoms. The highest BCUT2D eigenvalue weighted by atomic mass is 32.3. The van der Waals surface area contributed by atoms with Crippen LogP contribution in [0.5, 0.6) is 5.75 Å². The maximum absolute atomic E-state index is 15.0. The number of halogens is 1. The van der Waals surface area contributed by atoms with E-state index in [4.69, 9.17) is 10.3 Å². The Bertz CT molecular complexity index is 3660. The van der Waals surface area contributed by atoms with Crippen LogP contribution in [0, 0.1) is 6.08 Å². The van der Waals surface area contributed by atoms with Gasteiger partial charge in [-0.05, 0) is 72.1 Å². The number of aromatic hydroxyl groups is 1. The van der Waals surface area contributed by atoms with Crippen LogP contribution in [0.25, 0.3) is 10.8 Å². The zero-order valence-corrected chi connectivity index (χ0v) is 40.4. The molecule has 0 atom stereocenters. The van der Waals surface area contributed by atoms with Gasteiger partial charge < -0.3 is 26.2 Å². The number of hydrogen-bond donors (Lipinski definition) is 8. The van der Waals surface area contributed by atoms with E-state index in [0.717, 1.165) is 42.5 Å². The monoisotopic (exact) mass is 1100 g/mol. The molecule has 0 radical (unpaired) electrons. The molecule has 1 aromatic heterocycles. The number of rotatable bonds is 21. The Kier molecular flexibility index (Phi) is 16.3. The Morgan fingerprint density at radius 2 is 1.34 bits per heavy atom. The highest BCUT2D eigenvalue weighted by Gasteiger charge is 2.29. The Morgan fingerprint density at radius 3 is 1.94 bits per heavy atom. The SMILES string of the molecule is Nc1c(N=Nc2ccc(S(=O)(=O)CCOS(=O)(=O)O)cc2)c(S(=O)(=O)O)cc2cc(S(=O)(=O)O)c(N=Nc3cc(Nc4nc(F)nc(N(CCSCCO)c5ccccc5)n4)ccc3S(=O)(=O)O)c(O)c12. The molecular formula is C37H35FN10O17S6. The second kappa shape index (κ2) is 21.5. The van der Waals surface area contributed by atoms with Crippen molar-refractivity contribution in [3.05, 3.63) is 91.0 Å². The minimum absolute atomic E-state index is 0.0787. The van der Waals surface area contributed by atoms with E-state index in [-0.39, 0.29) is 35.4 Å². The smallest absolute Gasteiger partial charge is 0.397 e. The van der Waals surface area contributed by atoms with Gasteiger partial charge in [0.2, 0.25) is 11.9 Å².